The van der Waals surface area contributed by atoms with Crippen LogP contribution >= 0.6 is 11.6 Å². The van der Waals surface area contributed by atoms with E-state index in [9.17, 15) is 18.3 Å². The molecule has 192 valence electrons. The second-order valence-electron chi connectivity index (χ2n) is 8.58. The van der Waals surface area contributed by atoms with Crippen LogP contribution in [0, 0.1) is 5.82 Å². The smallest absolute Gasteiger partial charge is 0.262 e. The lowest BCUT2D eigenvalue weighted by Crippen LogP contribution is -2.44. The van der Waals surface area contributed by atoms with Gasteiger partial charge in [-0.3, -0.25) is 4.98 Å². The summed E-state index contributed by atoms with van der Waals surface area (Å²) in [5, 5.41) is 12.7. The summed E-state index contributed by atoms with van der Waals surface area (Å²) in [4.78, 5) is 15.2. The van der Waals surface area contributed by atoms with Crippen LogP contribution in [0.5, 0.6) is 0 Å². The molecule has 0 saturated carbocycles. The van der Waals surface area contributed by atoms with Gasteiger partial charge in [0.05, 0.1) is 35.5 Å². The SMILES string of the molecule is OC[C@@H]1CN(c2ncc(-c3ccc4ncc(Cl)c(NC(c5ccccc5F)C(F)F)c4c3)cn2)CCO1. The molecule has 2 atom stereocenters. The molecule has 0 aliphatic carbocycles. The third kappa shape index (κ3) is 5.31. The number of aliphatic hydroxyl groups is 1. The first kappa shape index (κ1) is 25.2. The lowest BCUT2D eigenvalue weighted by Gasteiger charge is -2.31. The Morgan fingerprint density at radius 3 is 2.59 bits per heavy atom. The van der Waals surface area contributed by atoms with Gasteiger partial charge in [-0.05, 0) is 23.8 Å². The number of fused-ring (bicyclic) bond motifs is 1. The summed E-state index contributed by atoms with van der Waals surface area (Å²) >= 11 is 6.39. The normalized spacial score (nSPS) is 16.8. The number of morpholine rings is 1. The molecule has 0 bridgehead atoms. The summed E-state index contributed by atoms with van der Waals surface area (Å²) in [6.45, 7) is 1.48. The highest BCUT2D eigenvalue weighted by atomic mass is 35.5. The Hall–Kier alpha value is -3.47. The number of benzene rings is 2. The van der Waals surface area contributed by atoms with Gasteiger partial charge < -0.3 is 20.1 Å². The largest absolute Gasteiger partial charge is 0.394 e. The van der Waals surface area contributed by atoms with Crippen molar-refractivity contribution in [1.29, 1.82) is 0 Å². The molecule has 11 heteroatoms. The zero-order valence-corrected chi connectivity index (χ0v) is 20.2. The molecule has 2 aromatic heterocycles. The maximum absolute atomic E-state index is 14.4. The summed E-state index contributed by atoms with van der Waals surface area (Å²) in [5.41, 5.74) is 2.01. The number of ether oxygens (including phenoxy) is 1. The monoisotopic (exact) mass is 529 g/mol. The molecular formula is C26H23ClF3N5O2. The zero-order chi connectivity index (χ0) is 25.9. The fourth-order valence-corrected chi connectivity index (χ4v) is 4.50. The second kappa shape index (κ2) is 10.9. The van der Waals surface area contributed by atoms with Gasteiger partial charge in [-0.1, -0.05) is 35.9 Å². The van der Waals surface area contributed by atoms with E-state index >= 15 is 0 Å². The molecule has 1 aliphatic heterocycles. The first-order chi connectivity index (χ1) is 17.9. The molecule has 4 aromatic rings. The second-order valence-corrected chi connectivity index (χ2v) is 8.99. The molecule has 0 radical (unpaired) electrons. The predicted molar refractivity (Wildman–Crippen MR) is 136 cm³/mol. The summed E-state index contributed by atoms with van der Waals surface area (Å²) in [7, 11) is 0. The Bertz CT molecular complexity index is 1390. The minimum absolute atomic E-state index is 0.0814. The molecule has 1 saturated heterocycles. The van der Waals surface area contributed by atoms with Crippen molar-refractivity contribution < 1.29 is 23.0 Å². The van der Waals surface area contributed by atoms with Crippen LogP contribution < -0.4 is 10.2 Å². The molecule has 0 amide bonds. The molecule has 3 heterocycles. The van der Waals surface area contributed by atoms with Gasteiger partial charge in [0.1, 0.15) is 11.9 Å². The first-order valence-electron chi connectivity index (χ1n) is 11.6. The van der Waals surface area contributed by atoms with E-state index in [0.29, 0.717) is 42.1 Å². The quantitative estimate of drug-likeness (QED) is 0.344. The molecule has 37 heavy (non-hydrogen) atoms. The van der Waals surface area contributed by atoms with Crippen molar-refractivity contribution in [2.75, 3.05) is 36.5 Å². The number of anilines is 2. The highest BCUT2D eigenvalue weighted by molar-refractivity contribution is 6.34. The lowest BCUT2D eigenvalue weighted by atomic mass is 10.0. The van der Waals surface area contributed by atoms with Crippen LogP contribution in [-0.2, 0) is 4.74 Å². The summed E-state index contributed by atoms with van der Waals surface area (Å²) in [6.07, 6.45) is 1.52. The number of halogens is 4. The van der Waals surface area contributed by atoms with Gasteiger partial charge in [-0.2, -0.15) is 0 Å². The summed E-state index contributed by atoms with van der Waals surface area (Å²) in [5.74, 6) is -0.221. The Balaban J connectivity index is 1.48. The number of hydrogen-bond acceptors (Lipinski definition) is 7. The van der Waals surface area contributed by atoms with Crippen LogP contribution in [0.4, 0.5) is 24.8 Å². The van der Waals surface area contributed by atoms with E-state index in [4.69, 9.17) is 16.3 Å². The van der Waals surface area contributed by atoms with E-state index < -0.39 is 18.3 Å². The maximum atomic E-state index is 14.4. The molecule has 5 rings (SSSR count). The van der Waals surface area contributed by atoms with Gasteiger partial charge in [0.2, 0.25) is 5.95 Å². The number of nitrogens with zero attached hydrogens (tertiary/aromatic N) is 4. The predicted octanol–water partition coefficient (Wildman–Crippen LogP) is 5.10. The van der Waals surface area contributed by atoms with Crippen molar-refractivity contribution in [2.24, 2.45) is 0 Å². The van der Waals surface area contributed by atoms with Crippen molar-refractivity contribution in [2.45, 2.75) is 18.6 Å². The van der Waals surface area contributed by atoms with E-state index in [0.717, 1.165) is 11.6 Å². The molecule has 2 aromatic carbocycles. The van der Waals surface area contributed by atoms with Crippen molar-refractivity contribution in [1.82, 2.24) is 15.0 Å². The van der Waals surface area contributed by atoms with Gasteiger partial charge in [-0.25, -0.2) is 23.1 Å². The average molecular weight is 530 g/mol. The van der Waals surface area contributed by atoms with Crippen LogP contribution in [0.1, 0.15) is 11.6 Å². The van der Waals surface area contributed by atoms with E-state index in [1.54, 1.807) is 24.5 Å². The number of rotatable bonds is 7. The van der Waals surface area contributed by atoms with Gasteiger partial charge in [0, 0.05) is 48.2 Å². The average Bonchev–Trinajstić information content (AvgIpc) is 2.93. The van der Waals surface area contributed by atoms with Crippen LogP contribution in [0.25, 0.3) is 22.0 Å². The van der Waals surface area contributed by atoms with Crippen LogP contribution in [0.3, 0.4) is 0 Å². The third-order valence-corrected chi connectivity index (χ3v) is 6.50. The molecule has 0 spiro atoms. The van der Waals surface area contributed by atoms with Gasteiger partial charge in [0.15, 0.2) is 0 Å². The van der Waals surface area contributed by atoms with E-state index in [-0.39, 0.29) is 29.0 Å². The van der Waals surface area contributed by atoms with Crippen molar-refractivity contribution in [3.63, 3.8) is 0 Å². The number of nitrogens with one attached hydrogen (secondary N) is 1. The Kier molecular flexibility index (Phi) is 7.40. The van der Waals surface area contributed by atoms with Crippen LogP contribution in [-0.4, -0.2) is 58.9 Å². The number of hydrogen-bond donors (Lipinski definition) is 2. The number of alkyl halides is 2. The van der Waals surface area contributed by atoms with E-state index in [2.05, 4.69) is 20.3 Å². The molecule has 7 nitrogen and oxygen atoms in total. The number of aromatic nitrogens is 3. The Morgan fingerprint density at radius 1 is 1.08 bits per heavy atom. The van der Waals surface area contributed by atoms with Gasteiger partial charge in [0.25, 0.3) is 6.43 Å². The van der Waals surface area contributed by atoms with Crippen molar-refractivity contribution in [3.8, 4) is 11.1 Å². The number of aliphatic hydroxyl groups excluding tert-OH is 1. The van der Waals surface area contributed by atoms with Crippen molar-refractivity contribution in [3.05, 3.63) is 77.5 Å². The van der Waals surface area contributed by atoms with Crippen LogP contribution in [0.15, 0.2) is 61.1 Å². The van der Waals surface area contributed by atoms with Crippen molar-refractivity contribution >= 4 is 34.1 Å². The third-order valence-electron chi connectivity index (χ3n) is 6.21. The van der Waals surface area contributed by atoms with Gasteiger partial charge in [-0.15, -0.1) is 0 Å². The minimum atomic E-state index is -2.90. The highest BCUT2D eigenvalue weighted by Crippen LogP contribution is 2.37. The van der Waals surface area contributed by atoms with E-state index in [1.807, 2.05) is 11.0 Å². The molecule has 1 unspecified atom stereocenters. The van der Waals surface area contributed by atoms with E-state index in [1.165, 1.54) is 24.4 Å². The molecule has 1 fully saturated rings. The molecular weight excluding hydrogens is 507 g/mol. The minimum Gasteiger partial charge on any atom is -0.394 e. The highest BCUT2D eigenvalue weighted by Gasteiger charge is 2.27. The summed E-state index contributed by atoms with van der Waals surface area (Å²) in [6, 6.07) is 9.11. The lowest BCUT2D eigenvalue weighted by molar-refractivity contribution is 0.00314. The molecule has 2 N–H and O–H groups in total. The Labute approximate surface area is 215 Å². The number of pyridine rings is 1. The topological polar surface area (TPSA) is 83.4 Å². The fraction of sp³-hybridized carbons (Fsp3) is 0.269. The van der Waals surface area contributed by atoms with Gasteiger partial charge >= 0.3 is 0 Å². The zero-order valence-electron chi connectivity index (χ0n) is 19.5. The Morgan fingerprint density at radius 2 is 1.86 bits per heavy atom. The summed E-state index contributed by atoms with van der Waals surface area (Å²) < 4.78 is 47.9. The fourth-order valence-electron chi connectivity index (χ4n) is 4.30. The first-order valence-corrected chi connectivity index (χ1v) is 12.0. The molecule has 1 aliphatic rings. The maximum Gasteiger partial charge on any atom is 0.262 e. The standard InChI is InChI=1S/C26H23ClF3N5O2/c27-20-12-31-22-6-5-15(16-10-32-26(33-11-16)35-7-8-37-17(13-35)14-36)9-19(22)23(20)34-24(25(29)30)18-3-1-2-4-21(18)28/h1-6,9-12,17,24-25,36H,7-8,13-14H2,(H,31,34)/t17-,24?/m0/s1. The van der Waals surface area contributed by atoms with Crippen LogP contribution in [0.2, 0.25) is 5.02 Å².